The molecular weight excluding hydrogens is 743 g/mol. The molecule has 0 saturated heterocycles. The molecule has 0 bridgehead atoms. The standard InChI is InChI=1S/C37H46F3N7O9/c1-22(2)30(49)45-35-44-27-11-6-23(20-26(27)32(51)46-35)21-47(34(53)37(38,39)40)25-9-7-24(8-10-25)31(50)43-28(33(52)54-3)12-13-29(48)42-17-19-56-36(55-18-16-41)14-4-5-15-36/h6-11,20,22,28H,4-5,12-19,21,41H2,1-3H3,(H,42,48)(H,43,50)(H2,44,45,46,49,51)/t28-/m0/s1. The first kappa shape index (κ1) is 43.3. The minimum Gasteiger partial charge on any atom is -0.467 e. The third kappa shape index (κ3) is 11.8. The summed E-state index contributed by atoms with van der Waals surface area (Å²) in [6.45, 7) is 3.76. The first-order valence-electron chi connectivity index (χ1n) is 18.0. The van der Waals surface area contributed by atoms with Gasteiger partial charge in [0, 0.05) is 49.5 Å². The van der Waals surface area contributed by atoms with Crippen molar-refractivity contribution in [2.24, 2.45) is 11.7 Å². The van der Waals surface area contributed by atoms with Crippen LogP contribution in [-0.2, 0) is 39.9 Å². The molecule has 1 aliphatic rings. The van der Waals surface area contributed by atoms with E-state index >= 15 is 0 Å². The van der Waals surface area contributed by atoms with Gasteiger partial charge in [-0.3, -0.25) is 34.3 Å². The molecule has 56 heavy (non-hydrogen) atoms. The van der Waals surface area contributed by atoms with Crippen molar-refractivity contribution in [3.05, 3.63) is 63.9 Å². The van der Waals surface area contributed by atoms with E-state index in [4.69, 9.17) is 19.9 Å². The van der Waals surface area contributed by atoms with Crippen LogP contribution in [0.1, 0.15) is 68.3 Å². The van der Waals surface area contributed by atoms with E-state index in [0.717, 1.165) is 44.9 Å². The third-order valence-electron chi connectivity index (χ3n) is 8.89. The van der Waals surface area contributed by atoms with Gasteiger partial charge >= 0.3 is 18.1 Å². The van der Waals surface area contributed by atoms with Crippen LogP contribution >= 0.6 is 0 Å². The summed E-state index contributed by atoms with van der Waals surface area (Å²) in [5, 5.41) is 7.66. The molecule has 0 radical (unpaired) electrons. The van der Waals surface area contributed by atoms with Gasteiger partial charge < -0.3 is 35.5 Å². The Bertz CT molecular complexity index is 1930. The summed E-state index contributed by atoms with van der Waals surface area (Å²) in [6.07, 6.45) is -2.20. The maximum Gasteiger partial charge on any atom is 0.471 e. The first-order valence-corrected chi connectivity index (χ1v) is 18.0. The Morgan fingerprint density at radius 2 is 1.70 bits per heavy atom. The lowest BCUT2D eigenvalue weighted by atomic mass is 10.1. The molecule has 0 spiro atoms. The van der Waals surface area contributed by atoms with Gasteiger partial charge in [0.15, 0.2) is 5.79 Å². The predicted octanol–water partition coefficient (Wildman–Crippen LogP) is 3.04. The number of carbonyl (C=O) groups is 5. The lowest BCUT2D eigenvalue weighted by Gasteiger charge is -2.29. The topological polar surface area (TPSA) is 224 Å². The number of carbonyl (C=O) groups excluding carboxylic acids is 5. The monoisotopic (exact) mass is 789 g/mol. The van der Waals surface area contributed by atoms with E-state index in [-0.39, 0.29) is 59.7 Å². The number of aromatic amines is 1. The van der Waals surface area contributed by atoms with Gasteiger partial charge in [0.2, 0.25) is 17.8 Å². The molecule has 16 nitrogen and oxygen atoms in total. The van der Waals surface area contributed by atoms with Gasteiger partial charge in [0.05, 0.1) is 37.8 Å². The molecular formula is C37H46F3N7O9. The van der Waals surface area contributed by atoms with E-state index in [2.05, 4.69) is 25.9 Å². The number of anilines is 2. The first-order chi connectivity index (χ1) is 26.6. The number of halogens is 3. The molecule has 6 N–H and O–H groups in total. The van der Waals surface area contributed by atoms with E-state index in [1.807, 2.05) is 0 Å². The van der Waals surface area contributed by atoms with Gasteiger partial charge in [-0.15, -0.1) is 0 Å². The van der Waals surface area contributed by atoms with Crippen molar-refractivity contribution in [2.45, 2.75) is 76.9 Å². The molecule has 1 saturated carbocycles. The highest BCUT2D eigenvalue weighted by atomic mass is 19.4. The largest absolute Gasteiger partial charge is 0.471 e. The van der Waals surface area contributed by atoms with Crippen molar-refractivity contribution in [3.63, 3.8) is 0 Å². The van der Waals surface area contributed by atoms with Crippen molar-refractivity contribution in [3.8, 4) is 0 Å². The highest BCUT2D eigenvalue weighted by Crippen LogP contribution is 2.34. The number of nitrogens with two attached hydrogens (primary N) is 1. The van der Waals surface area contributed by atoms with Crippen molar-refractivity contribution < 1.29 is 51.4 Å². The smallest absolute Gasteiger partial charge is 0.467 e. The minimum atomic E-state index is -5.28. The number of H-pyrrole nitrogens is 1. The molecule has 4 amide bonds. The molecule has 0 aliphatic heterocycles. The lowest BCUT2D eigenvalue weighted by molar-refractivity contribution is -0.230. The molecule has 0 unspecified atom stereocenters. The van der Waals surface area contributed by atoms with E-state index in [1.165, 1.54) is 30.3 Å². The van der Waals surface area contributed by atoms with Crippen LogP contribution in [-0.4, -0.2) is 91.0 Å². The van der Waals surface area contributed by atoms with E-state index < -0.39 is 65.6 Å². The highest BCUT2D eigenvalue weighted by Gasteiger charge is 2.43. The maximum absolute atomic E-state index is 13.8. The SMILES string of the molecule is COC(=O)[C@H](CCC(=O)NCCOC1(OCCN)CCCC1)NC(=O)c1ccc(N(Cc2ccc3nc(NC(=O)C(C)C)[nH]c(=O)c3c2)C(=O)C(F)(F)F)cc1. The average molecular weight is 790 g/mol. The summed E-state index contributed by atoms with van der Waals surface area (Å²) in [4.78, 5) is 82.6. The Hall–Kier alpha value is -5.40. The number of nitrogens with zero attached hydrogens (tertiary/aromatic N) is 2. The zero-order chi connectivity index (χ0) is 41.0. The van der Waals surface area contributed by atoms with Crippen LogP contribution in [0.4, 0.5) is 24.8 Å². The van der Waals surface area contributed by atoms with E-state index in [9.17, 15) is 41.9 Å². The average Bonchev–Trinajstić information content (AvgIpc) is 3.64. The van der Waals surface area contributed by atoms with Crippen LogP contribution in [0.3, 0.4) is 0 Å². The normalized spacial score (nSPS) is 14.3. The van der Waals surface area contributed by atoms with Crippen LogP contribution in [0.5, 0.6) is 0 Å². The number of rotatable bonds is 18. The van der Waals surface area contributed by atoms with Gasteiger partial charge in [0.1, 0.15) is 6.04 Å². The number of hydrogen-bond acceptors (Lipinski definition) is 11. The summed E-state index contributed by atoms with van der Waals surface area (Å²) in [7, 11) is 1.11. The lowest BCUT2D eigenvalue weighted by Crippen LogP contribution is -2.43. The zero-order valence-corrected chi connectivity index (χ0v) is 31.3. The molecule has 304 valence electrons. The zero-order valence-electron chi connectivity index (χ0n) is 31.3. The van der Waals surface area contributed by atoms with E-state index in [1.54, 1.807) is 13.8 Å². The molecule has 1 atom stereocenters. The number of methoxy groups -OCH3 is 1. The van der Waals surface area contributed by atoms with Crippen LogP contribution in [0, 0.1) is 5.92 Å². The molecule has 1 aromatic heterocycles. The van der Waals surface area contributed by atoms with Crippen molar-refractivity contribution in [1.29, 1.82) is 0 Å². The Kier molecular flexibility index (Phi) is 15.1. The van der Waals surface area contributed by atoms with E-state index in [0.29, 0.717) is 18.1 Å². The molecule has 3 aromatic rings. The summed E-state index contributed by atoms with van der Waals surface area (Å²) in [5.41, 5.74) is 4.89. The van der Waals surface area contributed by atoms with Gasteiger partial charge in [-0.05, 0) is 61.2 Å². The number of esters is 1. The van der Waals surface area contributed by atoms with Crippen LogP contribution in [0.15, 0.2) is 47.3 Å². The fraction of sp³-hybridized carbons (Fsp3) is 0.486. The number of hydrogen-bond donors (Lipinski definition) is 5. The molecule has 1 fully saturated rings. The Labute approximate surface area is 320 Å². The molecule has 1 heterocycles. The predicted molar refractivity (Wildman–Crippen MR) is 197 cm³/mol. The molecule has 1 aliphatic carbocycles. The highest BCUT2D eigenvalue weighted by molar-refractivity contribution is 6.00. The second kappa shape index (κ2) is 19.5. The summed E-state index contributed by atoms with van der Waals surface area (Å²) in [5.74, 6) is -5.84. The Morgan fingerprint density at radius 1 is 1.02 bits per heavy atom. The van der Waals surface area contributed by atoms with Crippen molar-refractivity contribution >= 4 is 52.1 Å². The molecule has 19 heteroatoms. The number of aromatic nitrogens is 2. The van der Waals surface area contributed by atoms with Gasteiger partial charge in [-0.1, -0.05) is 19.9 Å². The molecule has 4 rings (SSSR count). The van der Waals surface area contributed by atoms with Crippen molar-refractivity contribution in [1.82, 2.24) is 20.6 Å². The number of ether oxygens (including phenoxy) is 3. The fourth-order valence-corrected chi connectivity index (χ4v) is 5.93. The maximum atomic E-state index is 13.8. The number of fused-ring (bicyclic) bond motifs is 1. The summed E-state index contributed by atoms with van der Waals surface area (Å²) < 4.78 is 57.8. The number of alkyl halides is 3. The summed E-state index contributed by atoms with van der Waals surface area (Å²) >= 11 is 0. The van der Waals surface area contributed by atoms with Crippen molar-refractivity contribution in [2.75, 3.05) is 43.6 Å². The second-order valence-electron chi connectivity index (χ2n) is 13.4. The summed E-state index contributed by atoms with van der Waals surface area (Å²) in [6, 6.07) is 7.37. The minimum absolute atomic E-state index is 0.00419. The number of nitrogens with one attached hydrogen (secondary N) is 4. The number of amides is 4. The number of benzene rings is 2. The quantitative estimate of drug-likeness (QED) is 0.0716. The van der Waals surface area contributed by atoms with Gasteiger partial charge in [-0.25, -0.2) is 9.78 Å². The Balaban J connectivity index is 1.40. The van der Waals surface area contributed by atoms with Crippen LogP contribution in [0.2, 0.25) is 0 Å². The second-order valence-corrected chi connectivity index (χ2v) is 13.4. The third-order valence-corrected chi connectivity index (χ3v) is 8.89. The molecule has 2 aromatic carbocycles. The Morgan fingerprint density at radius 3 is 2.32 bits per heavy atom. The fourth-order valence-electron chi connectivity index (χ4n) is 5.93. The van der Waals surface area contributed by atoms with Crippen LogP contribution < -0.4 is 32.1 Å². The van der Waals surface area contributed by atoms with Crippen LogP contribution in [0.25, 0.3) is 10.9 Å². The van der Waals surface area contributed by atoms with Gasteiger partial charge in [-0.2, -0.15) is 13.2 Å². The van der Waals surface area contributed by atoms with Gasteiger partial charge in [0.25, 0.3) is 11.5 Å².